The summed E-state index contributed by atoms with van der Waals surface area (Å²) < 4.78 is 26.5. The van der Waals surface area contributed by atoms with Crippen LogP contribution in [0.1, 0.15) is 44.1 Å². The fourth-order valence-electron chi connectivity index (χ4n) is 3.85. The van der Waals surface area contributed by atoms with Gasteiger partial charge in [0.05, 0.1) is 6.26 Å². The molecule has 0 radical (unpaired) electrons. The van der Waals surface area contributed by atoms with Crippen molar-refractivity contribution in [2.75, 3.05) is 19.3 Å². The van der Waals surface area contributed by atoms with Crippen molar-refractivity contribution in [3.05, 3.63) is 35.9 Å². The van der Waals surface area contributed by atoms with E-state index in [0.29, 0.717) is 38.3 Å². The molecule has 0 unspecified atom stereocenters. The Morgan fingerprint density at radius 2 is 1.84 bits per heavy atom. The number of rotatable bonds is 7. The Labute approximate surface area is 150 Å². The minimum absolute atomic E-state index is 0.170. The van der Waals surface area contributed by atoms with E-state index in [-0.39, 0.29) is 11.4 Å². The zero-order valence-electron chi connectivity index (χ0n) is 14.9. The Morgan fingerprint density at radius 1 is 1.20 bits per heavy atom. The summed E-state index contributed by atoms with van der Waals surface area (Å²) in [5, 5.41) is 0. The first-order valence-corrected chi connectivity index (χ1v) is 11.1. The molecule has 0 bridgehead atoms. The summed E-state index contributed by atoms with van der Waals surface area (Å²) in [5.74, 6) is 0.817. The Hall–Kier alpha value is -1.40. The van der Waals surface area contributed by atoms with Gasteiger partial charge >= 0.3 is 0 Å². The molecular weight excluding hydrogens is 336 g/mol. The van der Waals surface area contributed by atoms with Crippen LogP contribution in [0.5, 0.6) is 0 Å². The lowest BCUT2D eigenvalue weighted by Gasteiger charge is -2.42. The fraction of sp³-hybridized carbons (Fsp3) is 0.632. The van der Waals surface area contributed by atoms with Gasteiger partial charge in [0.25, 0.3) is 0 Å². The number of sulfonamides is 1. The van der Waals surface area contributed by atoms with Crippen LogP contribution >= 0.6 is 0 Å². The largest absolute Gasteiger partial charge is 0.343 e. The van der Waals surface area contributed by atoms with E-state index in [1.165, 1.54) is 24.7 Å². The molecule has 2 fully saturated rings. The summed E-state index contributed by atoms with van der Waals surface area (Å²) >= 11 is 0. The predicted molar refractivity (Wildman–Crippen MR) is 98.6 cm³/mol. The number of nitrogens with one attached hydrogen (secondary N) is 1. The summed E-state index contributed by atoms with van der Waals surface area (Å²) in [6.07, 6.45) is 7.25. The molecule has 3 rings (SSSR count). The number of aryl methyl sites for hydroxylation is 1. The van der Waals surface area contributed by atoms with Crippen molar-refractivity contribution in [1.82, 2.24) is 9.62 Å². The molecule has 1 aromatic carbocycles. The maximum Gasteiger partial charge on any atom is 0.222 e. The highest BCUT2D eigenvalue weighted by Crippen LogP contribution is 2.41. The van der Waals surface area contributed by atoms with Crippen molar-refractivity contribution in [2.45, 2.75) is 50.5 Å². The third-order valence-corrected chi connectivity index (χ3v) is 6.13. The standard InChI is InChI=1S/C19H28N2O3S/c1-25(23,24)20-19(15-17-7-8-17)11-13-21(14-12-19)18(22)10-9-16-5-3-2-4-6-16/h2-6,17,20H,7-15H2,1H3. The molecular formula is C19H28N2O3S. The number of hydrogen-bond acceptors (Lipinski definition) is 3. The quantitative estimate of drug-likeness (QED) is 0.807. The molecule has 0 spiro atoms. The van der Waals surface area contributed by atoms with Gasteiger partial charge in [0.2, 0.25) is 15.9 Å². The van der Waals surface area contributed by atoms with Crippen LogP contribution in [0, 0.1) is 5.92 Å². The van der Waals surface area contributed by atoms with Crippen LogP contribution in [0.25, 0.3) is 0 Å². The van der Waals surface area contributed by atoms with Gasteiger partial charge in [0.15, 0.2) is 0 Å². The molecule has 1 aliphatic carbocycles. The Kier molecular flexibility index (Phi) is 5.49. The van der Waals surface area contributed by atoms with Crippen molar-refractivity contribution in [2.24, 2.45) is 5.92 Å². The van der Waals surface area contributed by atoms with Gasteiger partial charge in [-0.15, -0.1) is 0 Å². The first kappa shape index (κ1) is 18.4. The molecule has 5 nitrogen and oxygen atoms in total. The van der Waals surface area contributed by atoms with Crippen LogP contribution in [0.15, 0.2) is 30.3 Å². The summed E-state index contributed by atoms with van der Waals surface area (Å²) in [6, 6.07) is 10.0. The van der Waals surface area contributed by atoms with Crippen LogP contribution in [0.2, 0.25) is 0 Å². The monoisotopic (exact) mass is 364 g/mol. The molecule has 1 aromatic rings. The molecule has 6 heteroatoms. The second kappa shape index (κ2) is 7.46. The second-order valence-electron chi connectivity index (χ2n) is 7.67. The summed E-state index contributed by atoms with van der Waals surface area (Å²) in [7, 11) is -3.24. The Balaban J connectivity index is 1.54. The van der Waals surface area contributed by atoms with Crippen molar-refractivity contribution in [1.29, 1.82) is 0 Å². The third-order valence-electron chi connectivity index (χ3n) is 5.32. The van der Waals surface area contributed by atoms with Gasteiger partial charge in [-0.25, -0.2) is 13.1 Å². The van der Waals surface area contributed by atoms with Crippen molar-refractivity contribution in [3.63, 3.8) is 0 Å². The number of carbonyl (C=O) groups excluding carboxylic acids is 1. The van der Waals surface area contributed by atoms with Gasteiger partial charge in [-0.3, -0.25) is 4.79 Å². The van der Waals surface area contributed by atoms with Gasteiger partial charge < -0.3 is 4.90 Å². The predicted octanol–water partition coefficient (Wildman–Crippen LogP) is 2.33. The average molecular weight is 365 g/mol. The Bertz CT molecular complexity index is 691. The lowest BCUT2D eigenvalue weighted by molar-refractivity contribution is -0.132. The average Bonchev–Trinajstić information content (AvgIpc) is 3.36. The maximum absolute atomic E-state index is 12.5. The molecule has 1 N–H and O–H groups in total. The van der Waals surface area contributed by atoms with E-state index >= 15 is 0 Å². The van der Waals surface area contributed by atoms with Crippen LogP contribution in [0.4, 0.5) is 0 Å². The summed E-state index contributed by atoms with van der Waals surface area (Å²) in [4.78, 5) is 14.4. The van der Waals surface area contributed by atoms with E-state index in [0.717, 1.165) is 12.8 Å². The zero-order chi connectivity index (χ0) is 17.9. The summed E-state index contributed by atoms with van der Waals surface area (Å²) in [6.45, 7) is 1.28. The minimum Gasteiger partial charge on any atom is -0.343 e. The van der Waals surface area contributed by atoms with Gasteiger partial charge in [0, 0.05) is 25.0 Å². The zero-order valence-corrected chi connectivity index (χ0v) is 15.7. The Morgan fingerprint density at radius 3 is 2.40 bits per heavy atom. The van der Waals surface area contributed by atoms with E-state index in [1.807, 2.05) is 35.2 Å². The molecule has 25 heavy (non-hydrogen) atoms. The first-order chi connectivity index (χ1) is 11.9. The molecule has 138 valence electrons. The van der Waals surface area contributed by atoms with E-state index < -0.39 is 10.0 Å². The highest BCUT2D eigenvalue weighted by Gasteiger charge is 2.41. The fourth-order valence-corrected chi connectivity index (χ4v) is 4.93. The van der Waals surface area contributed by atoms with E-state index in [9.17, 15) is 13.2 Å². The molecule has 1 amide bonds. The molecule has 1 saturated heterocycles. The molecule has 1 aliphatic heterocycles. The van der Waals surface area contributed by atoms with Crippen LogP contribution in [0.3, 0.4) is 0 Å². The molecule has 0 atom stereocenters. The molecule has 1 heterocycles. The van der Waals surface area contributed by atoms with Gasteiger partial charge in [-0.05, 0) is 37.2 Å². The topological polar surface area (TPSA) is 66.5 Å². The van der Waals surface area contributed by atoms with E-state index in [2.05, 4.69) is 4.72 Å². The normalized spacial score (nSPS) is 20.4. The second-order valence-corrected chi connectivity index (χ2v) is 9.42. The summed E-state index contributed by atoms with van der Waals surface area (Å²) in [5.41, 5.74) is 0.819. The highest BCUT2D eigenvalue weighted by molar-refractivity contribution is 7.88. The van der Waals surface area contributed by atoms with E-state index in [4.69, 9.17) is 0 Å². The van der Waals surface area contributed by atoms with Gasteiger partial charge in [0.1, 0.15) is 0 Å². The number of likely N-dealkylation sites (tertiary alicyclic amines) is 1. The van der Waals surface area contributed by atoms with Crippen molar-refractivity contribution in [3.8, 4) is 0 Å². The van der Waals surface area contributed by atoms with E-state index in [1.54, 1.807) is 0 Å². The van der Waals surface area contributed by atoms with Crippen LogP contribution < -0.4 is 4.72 Å². The SMILES string of the molecule is CS(=O)(=O)NC1(CC2CC2)CCN(C(=O)CCc2ccccc2)CC1. The number of amides is 1. The van der Waals surface area contributed by atoms with Crippen molar-refractivity contribution < 1.29 is 13.2 Å². The van der Waals surface area contributed by atoms with Crippen LogP contribution in [-0.2, 0) is 21.2 Å². The molecule has 0 aromatic heterocycles. The lowest BCUT2D eigenvalue weighted by Crippen LogP contribution is -2.56. The lowest BCUT2D eigenvalue weighted by atomic mass is 9.83. The first-order valence-electron chi connectivity index (χ1n) is 9.16. The third kappa shape index (κ3) is 5.54. The van der Waals surface area contributed by atoms with Gasteiger partial charge in [-0.1, -0.05) is 43.2 Å². The number of nitrogens with zero attached hydrogens (tertiary/aromatic N) is 1. The molecule has 2 aliphatic rings. The smallest absolute Gasteiger partial charge is 0.222 e. The van der Waals surface area contributed by atoms with Gasteiger partial charge in [-0.2, -0.15) is 0 Å². The number of carbonyl (C=O) groups is 1. The number of piperidine rings is 1. The number of hydrogen-bond donors (Lipinski definition) is 1. The van der Waals surface area contributed by atoms with Crippen molar-refractivity contribution >= 4 is 15.9 Å². The molecule has 1 saturated carbocycles. The maximum atomic E-state index is 12.5. The minimum atomic E-state index is -3.24. The number of benzene rings is 1. The van der Waals surface area contributed by atoms with Crippen LogP contribution in [-0.4, -0.2) is 44.1 Å². The highest BCUT2D eigenvalue weighted by atomic mass is 32.2.